The number of carbonyl (C=O) groups is 2. The third-order valence-corrected chi connectivity index (χ3v) is 6.44. The number of nitrogens with one attached hydrogen (secondary N) is 2. The first kappa shape index (κ1) is 19.6. The number of nitrogens with zero attached hydrogens (tertiary/aromatic N) is 1. The van der Waals surface area contributed by atoms with E-state index in [2.05, 4.69) is 39.5 Å². The molecule has 7 heteroatoms. The molecule has 2 aliphatic rings. The molecule has 0 saturated carbocycles. The number of methoxy groups -OCH3 is 1. The average Bonchev–Trinajstić information content (AvgIpc) is 3.38. The van der Waals surface area contributed by atoms with Crippen LogP contribution in [0.5, 0.6) is 5.75 Å². The summed E-state index contributed by atoms with van der Waals surface area (Å²) >= 11 is 0. The van der Waals surface area contributed by atoms with Crippen LogP contribution < -0.4 is 5.32 Å². The molecular formula is C24H25N3O4. The number of aromatic hydroxyl groups is 1. The van der Waals surface area contributed by atoms with Gasteiger partial charge in [0.25, 0.3) is 5.91 Å². The maximum atomic E-state index is 12.3. The molecule has 0 radical (unpaired) electrons. The Kier molecular flexibility index (Phi) is 4.90. The quantitative estimate of drug-likeness (QED) is 0.565. The summed E-state index contributed by atoms with van der Waals surface area (Å²) in [6.07, 6.45) is 1.66. The highest BCUT2D eigenvalue weighted by Crippen LogP contribution is 2.35. The Morgan fingerprint density at radius 3 is 2.77 bits per heavy atom. The van der Waals surface area contributed by atoms with Crippen LogP contribution in [0.3, 0.4) is 0 Å². The van der Waals surface area contributed by atoms with Gasteiger partial charge >= 0.3 is 5.97 Å². The van der Waals surface area contributed by atoms with E-state index in [1.807, 2.05) is 0 Å². The number of phenolic OH excluding ortho intramolecular Hbond substituents is 1. The number of esters is 1. The molecule has 0 unspecified atom stereocenters. The molecule has 5 rings (SSSR count). The second-order valence-electron chi connectivity index (χ2n) is 8.35. The van der Waals surface area contributed by atoms with E-state index in [0.29, 0.717) is 17.7 Å². The van der Waals surface area contributed by atoms with Crippen molar-refractivity contribution < 1.29 is 19.4 Å². The zero-order valence-corrected chi connectivity index (χ0v) is 17.4. The first-order valence-electron chi connectivity index (χ1n) is 10.6. The standard InChI is InChI=1S/C24H25N3O4/c1-31-24(30)15-6-8-27(9-7-15)13-14-2-4-19-16(10-14)11-20(26-19)17-3-5-21(28)18-12-25-23(29)22(17)18/h2-5,10-11,15,26,28H,6-9,12-13H2,1H3,(H,25,29). The third-order valence-electron chi connectivity index (χ3n) is 6.44. The van der Waals surface area contributed by atoms with Gasteiger partial charge in [-0.1, -0.05) is 6.07 Å². The number of hydrogen-bond donors (Lipinski definition) is 3. The number of fused-ring (bicyclic) bond motifs is 2. The molecular weight excluding hydrogens is 394 g/mol. The molecule has 31 heavy (non-hydrogen) atoms. The Balaban J connectivity index is 1.37. The normalized spacial score (nSPS) is 17.0. The zero-order valence-electron chi connectivity index (χ0n) is 17.4. The lowest BCUT2D eigenvalue weighted by atomic mass is 9.96. The SMILES string of the molecule is COC(=O)C1CCN(Cc2ccc3[nH]c(-c4ccc(O)c5c4C(=O)NC5)cc3c2)CC1. The van der Waals surface area contributed by atoms with Gasteiger partial charge in [-0.05, 0) is 61.8 Å². The van der Waals surface area contributed by atoms with E-state index in [-0.39, 0.29) is 23.5 Å². The van der Waals surface area contributed by atoms with E-state index >= 15 is 0 Å². The van der Waals surface area contributed by atoms with Gasteiger partial charge in [0.05, 0.1) is 18.6 Å². The van der Waals surface area contributed by atoms with Gasteiger partial charge in [-0.2, -0.15) is 0 Å². The minimum atomic E-state index is -0.157. The minimum absolute atomic E-state index is 0.0141. The van der Waals surface area contributed by atoms with Crippen molar-refractivity contribution >= 4 is 22.8 Å². The molecule has 160 valence electrons. The topological polar surface area (TPSA) is 94.7 Å². The van der Waals surface area contributed by atoms with Crippen molar-refractivity contribution in [3.05, 3.63) is 53.1 Å². The molecule has 2 aliphatic heterocycles. The van der Waals surface area contributed by atoms with E-state index in [1.54, 1.807) is 12.1 Å². The van der Waals surface area contributed by atoms with Crippen LogP contribution in [0, 0.1) is 5.92 Å². The fourth-order valence-electron chi connectivity index (χ4n) is 4.73. The first-order valence-corrected chi connectivity index (χ1v) is 10.6. The van der Waals surface area contributed by atoms with E-state index < -0.39 is 0 Å². The van der Waals surface area contributed by atoms with Gasteiger partial charge < -0.3 is 20.1 Å². The number of aromatic amines is 1. The van der Waals surface area contributed by atoms with Crippen LogP contribution in [0.25, 0.3) is 22.2 Å². The summed E-state index contributed by atoms with van der Waals surface area (Å²) in [4.78, 5) is 29.8. The minimum Gasteiger partial charge on any atom is -0.508 e. The van der Waals surface area contributed by atoms with Crippen molar-refractivity contribution in [3.8, 4) is 17.0 Å². The Hall–Kier alpha value is -3.32. The largest absolute Gasteiger partial charge is 0.508 e. The number of likely N-dealkylation sites (tertiary alicyclic amines) is 1. The molecule has 3 N–H and O–H groups in total. The molecule has 1 saturated heterocycles. The van der Waals surface area contributed by atoms with Crippen molar-refractivity contribution in [2.45, 2.75) is 25.9 Å². The van der Waals surface area contributed by atoms with Gasteiger partial charge in [0, 0.05) is 40.8 Å². The van der Waals surface area contributed by atoms with Crippen molar-refractivity contribution in [1.82, 2.24) is 15.2 Å². The van der Waals surface area contributed by atoms with Crippen LogP contribution in [-0.2, 0) is 22.6 Å². The number of amides is 1. The molecule has 0 bridgehead atoms. The first-order chi connectivity index (χ1) is 15.0. The Morgan fingerprint density at radius 1 is 1.19 bits per heavy atom. The summed E-state index contributed by atoms with van der Waals surface area (Å²) in [5.41, 5.74) is 5.06. The molecule has 0 atom stereocenters. The summed E-state index contributed by atoms with van der Waals surface area (Å²) in [6.45, 7) is 2.95. The highest BCUT2D eigenvalue weighted by atomic mass is 16.5. The lowest BCUT2D eigenvalue weighted by Crippen LogP contribution is -2.36. The fraction of sp³-hybridized carbons (Fsp3) is 0.333. The summed E-state index contributed by atoms with van der Waals surface area (Å²) in [6, 6.07) is 11.8. The summed E-state index contributed by atoms with van der Waals surface area (Å²) in [5, 5.41) is 14.0. The monoisotopic (exact) mass is 419 g/mol. The number of carbonyl (C=O) groups excluding carboxylic acids is 2. The number of H-pyrrole nitrogens is 1. The van der Waals surface area contributed by atoms with Crippen molar-refractivity contribution in [3.63, 3.8) is 0 Å². The lowest BCUT2D eigenvalue weighted by molar-refractivity contribution is -0.147. The molecule has 0 aliphatic carbocycles. The second kappa shape index (κ2) is 7.74. The number of aromatic nitrogens is 1. The Bertz CT molecular complexity index is 1180. The predicted molar refractivity (Wildman–Crippen MR) is 117 cm³/mol. The highest BCUT2D eigenvalue weighted by molar-refractivity contribution is 6.05. The smallest absolute Gasteiger partial charge is 0.308 e. The second-order valence-corrected chi connectivity index (χ2v) is 8.35. The van der Waals surface area contributed by atoms with E-state index in [1.165, 1.54) is 12.7 Å². The number of rotatable bonds is 4. The predicted octanol–water partition coefficient (Wildman–Crippen LogP) is 3.17. The Labute approximate surface area is 180 Å². The van der Waals surface area contributed by atoms with Gasteiger partial charge in [-0.3, -0.25) is 14.5 Å². The van der Waals surface area contributed by atoms with Gasteiger partial charge in [0.15, 0.2) is 0 Å². The molecule has 7 nitrogen and oxygen atoms in total. The summed E-state index contributed by atoms with van der Waals surface area (Å²) in [5.74, 6) is -0.0995. The van der Waals surface area contributed by atoms with Crippen LogP contribution in [0.15, 0.2) is 36.4 Å². The maximum absolute atomic E-state index is 12.3. The number of piperidine rings is 1. The molecule has 3 aromatic rings. The number of hydrogen-bond acceptors (Lipinski definition) is 5. The summed E-state index contributed by atoms with van der Waals surface area (Å²) < 4.78 is 4.87. The fourth-order valence-corrected chi connectivity index (χ4v) is 4.73. The molecule has 1 aromatic heterocycles. The highest BCUT2D eigenvalue weighted by Gasteiger charge is 2.27. The zero-order chi connectivity index (χ0) is 21.5. The number of ether oxygens (including phenoxy) is 1. The van der Waals surface area contributed by atoms with Crippen LogP contribution in [-0.4, -0.2) is 47.1 Å². The van der Waals surface area contributed by atoms with E-state index in [4.69, 9.17) is 4.74 Å². The lowest BCUT2D eigenvalue weighted by Gasteiger charge is -2.30. The van der Waals surface area contributed by atoms with Crippen LogP contribution in [0.2, 0.25) is 0 Å². The Morgan fingerprint density at radius 2 is 2.00 bits per heavy atom. The van der Waals surface area contributed by atoms with E-state index in [9.17, 15) is 14.7 Å². The van der Waals surface area contributed by atoms with Crippen molar-refractivity contribution in [2.24, 2.45) is 5.92 Å². The number of benzene rings is 2. The maximum Gasteiger partial charge on any atom is 0.308 e. The third kappa shape index (κ3) is 3.55. The average molecular weight is 419 g/mol. The van der Waals surface area contributed by atoms with Crippen LogP contribution >= 0.6 is 0 Å². The molecule has 2 aromatic carbocycles. The van der Waals surface area contributed by atoms with Crippen molar-refractivity contribution in [1.29, 1.82) is 0 Å². The van der Waals surface area contributed by atoms with Crippen LogP contribution in [0.1, 0.15) is 34.3 Å². The molecule has 0 spiro atoms. The van der Waals surface area contributed by atoms with E-state index in [0.717, 1.165) is 54.6 Å². The number of phenols is 1. The summed E-state index contributed by atoms with van der Waals surface area (Å²) in [7, 11) is 1.45. The van der Waals surface area contributed by atoms with Gasteiger partial charge in [-0.25, -0.2) is 0 Å². The van der Waals surface area contributed by atoms with Gasteiger partial charge in [-0.15, -0.1) is 0 Å². The van der Waals surface area contributed by atoms with Crippen molar-refractivity contribution in [2.75, 3.05) is 20.2 Å². The molecule has 3 heterocycles. The molecule has 1 amide bonds. The van der Waals surface area contributed by atoms with Crippen LogP contribution in [0.4, 0.5) is 0 Å². The molecule has 1 fully saturated rings. The van der Waals surface area contributed by atoms with Gasteiger partial charge in [0.2, 0.25) is 0 Å². The van der Waals surface area contributed by atoms with Gasteiger partial charge in [0.1, 0.15) is 5.75 Å².